The normalized spacial score (nSPS) is 10.9. The van der Waals surface area contributed by atoms with Gasteiger partial charge in [0, 0.05) is 0 Å². The molecule has 1 amide bonds. The molecule has 7 heteroatoms. The van der Waals surface area contributed by atoms with E-state index in [1.165, 1.54) is 27.4 Å². The first-order chi connectivity index (χ1) is 14.7. The number of nitrogens with one attached hydrogen (secondary N) is 1. The number of fused-ring (bicyclic) bond motifs is 3. The number of alkyl carbamates (subject to hydrolysis) is 1. The number of aromatic nitrogens is 1. The van der Waals surface area contributed by atoms with Gasteiger partial charge in [-0.1, -0.05) is 27.7 Å². The third-order valence-corrected chi connectivity index (χ3v) is 6.70. The summed E-state index contributed by atoms with van der Waals surface area (Å²) < 4.78 is 8.75. The molecule has 0 atom stereocenters. The van der Waals surface area contributed by atoms with Gasteiger partial charge in [-0.15, -0.1) is 0 Å². The van der Waals surface area contributed by atoms with Gasteiger partial charge >= 0.3 is 184 Å². The molecule has 4 nitrogen and oxygen atoms in total. The van der Waals surface area contributed by atoms with Gasteiger partial charge in [0.25, 0.3) is 0 Å². The van der Waals surface area contributed by atoms with E-state index >= 15 is 0 Å². The van der Waals surface area contributed by atoms with Gasteiger partial charge in [-0.05, 0) is 0 Å². The number of ether oxygens (including phenoxy) is 1. The van der Waals surface area contributed by atoms with Crippen LogP contribution in [0.4, 0.5) is 4.79 Å². The molecule has 1 heterocycles. The Hall–Kier alpha value is -0.990. The average molecular weight is 625 g/mol. The Morgan fingerprint density at radius 1 is 1.13 bits per heavy atom. The summed E-state index contributed by atoms with van der Waals surface area (Å²) >= 11 is 9.69. The van der Waals surface area contributed by atoms with Gasteiger partial charge in [-0.3, -0.25) is 0 Å². The number of nitrogens with zero attached hydrogens (tertiary/aromatic N) is 1. The first-order valence-electron chi connectivity index (χ1n) is 10.6. The molecular weight excluding hydrogens is 591 g/mol. The number of halogens is 3. The number of hydrogen-bond donors (Lipinski definition) is 1. The molecular formula is C24H34BrClIN2O2-. The minimum absolute atomic E-state index is 0.196. The van der Waals surface area contributed by atoms with Crippen LogP contribution in [-0.4, -0.2) is 26.0 Å². The fourth-order valence-electron chi connectivity index (χ4n) is 3.09. The van der Waals surface area contributed by atoms with Crippen LogP contribution < -0.4 is 26.8 Å². The second-order valence-corrected chi connectivity index (χ2v) is 10.5. The van der Waals surface area contributed by atoms with Crippen LogP contribution in [0.15, 0.2) is 34.8 Å². The van der Waals surface area contributed by atoms with Crippen molar-refractivity contribution in [3.05, 3.63) is 45.4 Å². The van der Waals surface area contributed by atoms with Crippen LogP contribution in [0.3, 0.4) is 0 Å². The van der Waals surface area contributed by atoms with Crippen LogP contribution in [0, 0.1) is 0 Å². The van der Waals surface area contributed by atoms with Gasteiger partial charge in [0.15, 0.2) is 0 Å². The molecule has 0 saturated heterocycles. The molecule has 0 fully saturated rings. The third kappa shape index (κ3) is 7.53. The summed E-state index contributed by atoms with van der Waals surface area (Å²) in [5.41, 5.74) is 3.15. The van der Waals surface area contributed by atoms with E-state index in [1.54, 1.807) is 0 Å². The predicted octanol–water partition coefficient (Wildman–Crippen LogP) is 4.81. The Kier molecular flexibility index (Phi) is 11.7. The van der Waals surface area contributed by atoms with E-state index in [0.717, 1.165) is 15.9 Å². The van der Waals surface area contributed by atoms with Crippen LogP contribution in [0.2, 0.25) is 5.02 Å². The quantitative estimate of drug-likeness (QED) is 0.335. The van der Waals surface area contributed by atoms with E-state index < -0.39 is 5.60 Å². The molecule has 0 bridgehead atoms. The summed E-state index contributed by atoms with van der Waals surface area (Å²) in [5, 5.41) is 5.95. The van der Waals surface area contributed by atoms with Crippen LogP contribution in [-0.2, 0) is 11.2 Å². The molecule has 0 aliphatic heterocycles. The molecule has 174 valence electrons. The maximum absolute atomic E-state index is 11.9. The fraction of sp³-hybridized carbons (Fsp3) is 0.458. The van der Waals surface area contributed by atoms with Crippen LogP contribution in [0.25, 0.3) is 21.8 Å². The van der Waals surface area contributed by atoms with Crippen LogP contribution in [0.5, 0.6) is 0 Å². The van der Waals surface area contributed by atoms with E-state index in [1.807, 2.05) is 60.6 Å². The number of carbonyl (C=O) groups excluding carboxylic acids is 1. The van der Waals surface area contributed by atoms with Crippen LogP contribution in [0.1, 0.15) is 54.0 Å². The second kappa shape index (κ2) is 12.9. The molecule has 0 radical (unpaired) electrons. The van der Waals surface area contributed by atoms with Crippen molar-refractivity contribution in [1.82, 2.24) is 8.10 Å². The molecule has 0 spiro atoms. The monoisotopic (exact) mass is 623 g/mol. The van der Waals surface area contributed by atoms with E-state index in [9.17, 15) is 4.79 Å². The molecule has 0 unspecified atom stereocenters. The molecule has 2 aromatic carbocycles. The molecule has 0 aliphatic carbocycles. The zero-order chi connectivity index (χ0) is 23.8. The van der Waals surface area contributed by atoms with Crippen molar-refractivity contribution in [3.63, 3.8) is 0 Å². The first kappa shape index (κ1) is 28.0. The van der Waals surface area contributed by atoms with Crippen molar-refractivity contribution in [2.75, 3.05) is 11.5 Å². The number of carbonyl (C=O) groups is 1. The van der Waals surface area contributed by atoms with Crippen molar-refractivity contribution in [2.24, 2.45) is 0 Å². The average Bonchev–Trinajstić information content (AvgIpc) is 3.02. The van der Waals surface area contributed by atoms with Gasteiger partial charge in [0.1, 0.15) is 0 Å². The van der Waals surface area contributed by atoms with Gasteiger partial charge in [0.05, 0.1) is 0 Å². The summed E-state index contributed by atoms with van der Waals surface area (Å²) in [6.45, 7) is 14.1. The maximum atomic E-state index is 11.9. The van der Waals surface area contributed by atoms with Gasteiger partial charge in [0.2, 0.25) is 0 Å². The van der Waals surface area contributed by atoms with E-state index in [2.05, 4.69) is 47.2 Å². The number of rotatable bonds is 4. The third-order valence-electron chi connectivity index (χ3n) is 4.04. The molecule has 1 aromatic heterocycles. The Bertz CT molecular complexity index is 1010. The van der Waals surface area contributed by atoms with Crippen molar-refractivity contribution in [3.8, 4) is 0 Å². The topological polar surface area (TPSA) is 43.3 Å². The Balaban J connectivity index is 0.00000113. The summed E-state index contributed by atoms with van der Waals surface area (Å²) in [7, 11) is 0. The summed E-state index contributed by atoms with van der Waals surface area (Å²) in [5.74, 6) is 0. The summed E-state index contributed by atoms with van der Waals surface area (Å²) in [4.78, 5) is 14.2. The molecule has 31 heavy (non-hydrogen) atoms. The van der Waals surface area contributed by atoms with Crippen molar-refractivity contribution in [1.29, 1.82) is 0 Å². The van der Waals surface area contributed by atoms with Crippen molar-refractivity contribution < 1.29 is 31.0 Å². The molecule has 1 N–H and O–H groups in total. The van der Waals surface area contributed by atoms with Gasteiger partial charge in [-0.2, -0.15) is 0 Å². The molecule has 0 saturated carbocycles. The van der Waals surface area contributed by atoms with Gasteiger partial charge in [-0.25, -0.2) is 0 Å². The predicted molar refractivity (Wildman–Crippen MR) is 134 cm³/mol. The summed E-state index contributed by atoms with van der Waals surface area (Å²) in [6, 6.07) is 10.4. The van der Waals surface area contributed by atoms with E-state index in [-0.39, 0.29) is 27.6 Å². The SMILES string of the molecule is CC.CC.C[I-]n1c2ccc(Cl)cc2c2cc(Br)cc(CCNC(=O)OC(C)(C)C)c21. The van der Waals surface area contributed by atoms with Crippen LogP contribution >= 0.6 is 27.5 Å². The molecule has 0 aliphatic rings. The van der Waals surface area contributed by atoms with E-state index in [0.29, 0.717) is 6.54 Å². The minimum atomic E-state index is -0.495. The van der Waals surface area contributed by atoms with Crippen molar-refractivity contribution >= 4 is 55.4 Å². The Morgan fingerprint density at radius 3 is 2.35 bits per heavy atom. The first-order valence-corrected chi connectivity index (χ1v) is 14.9. The standard InChI is InChI=1S/C20H22BrClIN2O2.2C2H6/c1-20(2,3)27-19(26)24-8-7-12-9-13(21)10-16-15-11-14(22)5-6-17(15)25(23-4)18(12)16;2*1-2/h5-6,9-11H,7-8H2,1-4H3,(H,24,26);2*1-2H3/q-1;;. The van der Waals surface area contributed by atoms with Gasteiger partial charge < -0.3 is 0 Å². The Morgan fingerprint density at radius 2 is 1.77 bits per heavy atom. The number of hydrogen-bond acceptors (Lipinski definition) is 2. The fourth-order valence-corrected chi connectivity index (χ4v) is 5.76. The molecule has 3 rings (SSSR count). The zero-order valence-corrected chi connectivity index (χ0v) is 24.2. The Labute approximate surface area is 210 Å². The number of amides is 1. The van der Waals surface area contributed by atoms with E-state index in [4.69, 9.17) is 16.3 Å². The second-order valence-electron chi connectivity index (χ2n) is 7.25. The molecule has 3 aromatic rings. The number of alkyl halides is 1. The zero-order valence-electron chi connectivity index (χ0n) is 19.7. The summed E-state index contributed by atoms with van der Waals surface area (Å²) in [6.07, 6.45) is 0.340. The van der Waals surface area contributed by atoms with Crippen molar-refractivity contribution in [2.45, 2.75) is 60.5 Å². The number of benzene rings is 2.